The molecule has 5 nitrogen and oxygen atoms in total. The van der Waals surface area contributed by atoms with E-state index >= 15 is 0 Å². The van der Waals surface area contributed by atoms with Gasteiger partial charge in [0.2, 0.25) is 0 Å². The molecule has 0 saturated carbocycles. The third kappa shape index (κ3) is 6.10. The summed E-state index contributed by atoms with van der Waals surface area (Å²) in [6.07, 6.45) is 3.42. The monoisotopic (exact) mass is 320 g/mol. The predicted octanol–water partition coefficient (Wildman–Crippen LogP) is 2.41. The first-order valence-electron chi connectivity index (χ1n) is 8.51. The van der Waals surface area contributed by atoms with Gasteiger partial charge in [0.15, 0.2) is 6.61 Å². The van der Waals surface area contributed by atoms with Crippen LogP contribution in [0.3, 0.4) is 0 Å². The SMILES string of the molecule is CCCCCOc1cccc(OCC(=O)N2CCN(C)CC2)c1. The van der Waals surface area contributed by atoms with Gasteiger partial charge in [0.05, 0.1) is 6.61 Å². The number of piperazine rings is 1. The maximum Gasteiger partial charge on any atom is 0.260 e. The Labute approximate surface area is 139 Å². The molecule has 1 heterocycles. The van der Waals surface area contributed by atoms with E-state index < -0.39 is 0 Å². The normalized spacial score (nSPS) is 15.5. The van der Waals surface area contributed by atoms with E-state index in [0.717, 1.165) is 45.0 Å². The summed E-state index contributed by atoms with van der Waals surface area (Å²) in [4.78, 5) is 16.3. The quantitative estimate of drug-likeness (QED) is 0.690. The number of nitrogens with zero attached hydrogens (tertiary/aromatic N) is 2. The fourth-order valence-electron chi connectivity index (χ4n) is 2.49. The van der Waals surface area contributed by atoms with Gasteiger partial charge in [0, 0.05) is 32.2 Å². The molecule has 1 aromatic carbocycles. The lowest BCUT2D eigenvalue weighted by Gasteiger charge is -2.32. The van der Waals surface area contributed by atoms with Crippen molar-refractivity contribution in [3.05, 3.63) is 24.3 Å². The number of amides is 1. The summed E-state index contributed by atoms with van der Waals surface area (Å²) < 4.78 is 11.3. The molecule has 1 aliphatic rings. The van der Waals surface area contributed by atoms with Gasteiger partial charge < -0.3 is 19.3 Å². The first-order valence-corrected chi connectivity index (χ1v) is 8.51. The molecular weight excluding hydrogens is 292 g/mol. The Morgan fingerprint density at radius 3 is 2.48 bits per heavy atom. The van der Waals surface area contributed by atoms with Crippen LogP contribution in [0.5, 0.6) is 11.5 Å². The van der Waals surface area contributed by atoms with Gasteiger partial charge in [-0.05, 0) is 25.6 Å². The lowest BCUT2D eigenvalue weighted by Crippen LogP contribution is -2.48. The zero-order chi connectivity index (χ0) is 16.5. The summed E-state index contributed by atoms with van der Waals surface area (Å²) in [6, 6.07) is 7.52. The van der Waals surface area contributed by atoms with Crippen molar-refractivity contribution in [1.29, 1.82) is 0 Å². The van der Waals surface area contributed by atoms with Crippen molar-refractivity contribution in [2.24, 2.45) is 0 Å². The molecule has 0 N–H and O–H groups in total. The fourth-order valence-corrected chi connectivity index (χ4v) is 2.49. The number of ether oxygens (including phenoxy) is 2. The molecule has 23 heavy (non-hydrogen) atoms. The van der Waals surface area contributed by atoms with Gasteiger partial charge in [-0.25, -0.2) is 0 Å². The molecule has 128 valence electrons. The van der Waals surface area contributed by atoms with E-state index in [2.05, 4.69) is 18.9 Å². The van der Waals surface area contributed by atoms with E-state index in [9.17, 15) is 4.79 Å². The van der Waals surface area contributed by atoms with Gasteiger partial charge >= 0.3 is 0 Å². The summed E-state index contributed by atoms with van der Waals surface area (Å²) in [6.45, 7) is 6.38. The smallest absolute Gasteiger partial charge is 0.260 e. The molecule has 0 aliphatic carbocycles. The number of rotatable bonds is 8. The number of carbonyl (C=O) groups is 1. The number of hydrogen-bond donors (Lipinski definition) is 0. The van der Waals surface area contributed by atoms with Gasteiger partial charge in [0.25, 0.3) is 5.91 Å². The van der Waals surface area contributed by atoms with Gasteiger partial charge in [-0.1, -0.05) is 25.8 Å². The Morgan fingerprint density at radius 1 is 1.09 bits per heavy atom. The highest BCUT2D eigenvalue weighted by atomic mass is 16.5. The molecule has 1 fully saturated rings. The van der Waals surface area contributed by atoms with Crippen LogP contribution in [0.4, 0.5) is 0 Å². The van der Waals surface area contributed by atoms with Gasteiger partial charge in [0.1, 0.15) is 11.5 Å². The van der Waals surface area contributed by atoms with Crippen LogP contribution in [0.15, 0.2) is 24.3 Å². The van der Waals surface area contributed by atoms with Crippen LogP contribution in [-0.2, 0) is 4.79 Å². The second-order valence-corrected chi connectivity index (χ2v) is 6.00. The van der Waals surface area contributed by atoms with Crippen LogP contribution in [0, 0.1) is 0 Å². The van der Waals surface area contributed by atoms with Crippen LogP contribution < -0.4 is 9.47 Å². The van der Waals surface area contributed by atoms with Crippen molar-refractivity contribution in [2.45, 2.75) is 26.2 Å². The molecule has 1 aliphatic heterocycles. The third-order valence-electron chi connectivity index (χ3n) is 4.04. The van der Waals surface area contributed by atoms with Gasteiger partial charge in [-0.15, -0.1) is 0 Å². The molecule has 0 radical (unpaired) electrons. The van der Waals surface area contributed by atoms with E-state index in [1.807, 2.05) is 29.2 Å². The number of likely N-dealkylation sites (N-methyl/N-ethyl adjacent to an activating group) is 1. The molecule has 0 aromatic heterocycles. The standard InChI is InChI=1S/C18H28N2O3/c1-3-4-5-13-22-16-7-6-8-17(14-16)23-15-18(21)20-11-9-19(2)10-12-20/h6-8,14H,3-5,9-13,15H2,1-2H3. The van der Waals surface area contributed by atoms with Gasteiger partial charge in [-0.3, -0.25) is 4.79 Å². The van der Waals surface area contributed by atoms with Gasteiger partial charge in [-0.2, -0.15) is 0 Å². The summed E-state index contributed by atoms with van der Waals surface area (Å²) in [5.74, 6) is 1.53. The third-order valence-corrected chi connectivity index (χ3v) is 4.04. The molecule has 0 spiro atoms. The molecule has 0 unspecified atom stereocenters. The number of carbonyl (C=O) groups excluding carboxylic acids is 1. The minimum Gasteiger partial charge on any atom is -0.493 e. The van der Waals surface area contributed by atoms with Crippen LogP contribution in [-0.4, -0.2) is 62.1 Å². The Hall–Kier alpha value is -1.75. The Balaban J connectivity index is 1.75. The maximum atomic E-state index is 12.2. The Morgan fingerprint density at radius 2 is 1.78 bits per heavy atom. The van der Waals surface area contributed by atoms with Crippen LogP contribution >= 0.6 is 0 Å². The number of unbranched alkanes of at least 4 members (excludes halogenated alkanes) is 2. The highest BCUT2D eigenvalue weighted by Crippen LogP contribution is 2.20. The molecule has 2 rings (SSSR count). The predicted molar refractivity (Wildman–Crippen MR) is 91.0 cm³/mol. The molecule has 5 heteroatoms. The van der Waals surface area contributed by atoms with E-state index in [1.165, 1.54) is 12.8 Å². The Kier molecular flexibility index (Phi) is 7.20. The van der Waals surface area contributed by atoms with Crippen molar-refractivity contribution < 1.29 is 14.3 Å². The first-order chi connectivity index (χ1) is 11.2. The van der Waals surface area contributed by atoms with E-state index in [4.69, 9.17) is 9.47 Å². The largest absolute Gasteiger partial charge is 0.493 e. The highest BCUT2D eigenvalue weighted by molar-refractivity contribution is 5.77. The molecule has 1 saturated heterocycles. The minimum absolute atomic E-state index is 0.0485. The van der Waals surface area contributed by atoms with Crippen LogP contribution in [0.25, 0.3) is 0 Å². The average molecular weight is 320 g/mol. The molecule has 0 atom stereocenters. The van der Waals surface area contributed by atoms with Crippen molar-refractivity contribution in [1.82, 2.24) is 9.80 Å². The number of benzene rings is 1. The lowest BCUT2D eigenvalue weighted by molar-refractivity contribution is -0.134. The molecular formula is C18H28N2O3. The second-order valence-electron chi connectivity index (χ2n) is 6.00. The average Bonchev–Trinajstić information content (AvgIpc) is 2.58. The summed E-state index contributed by atoms with van der Waals surface area (Å²) >= 11 is 0. The van der Waals surface area contributed by atoms with E-state index in [-0.39, 0.29) is 12.5 Å². The summed E-state index contributed by atoms with van der Waals surface area (Å²) in [5, 5.41) is 0. The van der Waals surface area contributed by atoms with Crippen molar-refractivity contribution in [3.8, 4) is 11.5 Å². The maximum absolute atomic E-state index is 12.2. The molecule has 1 amide bonds. The highest BCUT2D eigenvalue weighted by Gasteiger charge is 2.19. The summed E-state index contributed by atoms with van der Waals surface area (Å²) in [7, 11) is 2.07. The lowest BCUT2D eigenvalue weighted by atomic mass is 10.3. The zero-order valence-electron chi connectivity index (χ0n) is 14.3. The van der Waals surface area contributed by atoms with E-state index in [0.29, 0.717) is 5.75 Å². The second kappa shape index (κ2) is 9.40. The first kappa shape index (κ1) is 17.6. The summed E-state index contributed by atoms with van der Waals surface area (Å²) in [5.41, 5.74) is 0. The van der Waals surface area contributed by atoms with Crippen molar-refractivity contribution in [2.75, 3.05) is 46.4 Å². The van der Waals surface area contributed by atoms with Crippen LogP contribution in [0.1, 0.15) is 26.2 Å². The molecule has 1 aromatic rings. The fraction of sp³-hybridized carbons (Fsp3) is 0.611. The van der Waals surface area contributed by atoms with Crippen molar-refractivity contribution >= 4 is 5.91 Å². The van der Waals surface area contributed by atoms with E-state index in [1.54, 1.807) is 0 Å². The topological polar surface area (TPSA) is 42.0 Å². The Bertz CT molecular complexity index is 485. The zero-order valence-corrected chi connectivity index (χ0v) is 14.3. The minimum atomic E-state index is 0.0485. The van der Waals surface area contributed by atoms with Crippen molar-refractivity contribution in [3.63, 3.8) is 0 Å². The molecule has 0 bridgehead atoms. The van der Waals surface area contributed by atoms with Crippen LogP contribution in [0.2, 0.25) is 0 Å². The number of hydrogen-bond acceptors (Lipinski definition) is 4.